The summed E-state index contributed by atoms with van der Waals surface area (Å²) in [5.41, 5.74) is 0.177. The van der Waals surface area contributed by atoms with E-state index in [2.05, 4.69) is 5.32 Å². The molecule has 0 spiro atoms. The summed E-state index contributed by atoms with van der Waals surface area (Å²) < 4.78 is 0. The van der Waals surface area contributed by atoms with Gasteiger partial charge >= 0.3 is 0 Å². The van der Waals surface area contributed by atoms with Gasteiger partial charge in [-0.3, -0.25) is 4.79 Å². The summed E-state index contributed by atoms with van der Waals surface area (Å²) in [7, 11) is 0. The average molecular weight is 237 g/mol. The molecular weight excluding hydrogens is 214 g/mol. The van der Waals surface area contributed by atoms with E-state index in [4.69, 9.17) is 5.41 Å². The predicted molar refractivity (Wildman–Crippen MR) is 68.3 cm³/mol. The summed E-state index contributed by atoms with van der Waals surface area (Å²) in [6.07, 6.45) is 6.66. The Kier molecular flexibility index (Phi) is 3.82. The topological polar surface area (TPSA) is 56.2 Å². The quantitative estimate of drug-likeness (QED) is 0.710. The lowest BCUT2D eigenvalue weighted by atomic mass is 10.0. The van der Waals surface area contributed by atoms with Crippen LogP contribution in [0.15, 0.2) is 0 Å². The van der Waals surface area contributed by atoms with E-state index in [0.29, 0.717) is 12.5 Å². The third-order valence-electron chi connectivity index (χ3n) is 4.09. The first-order chi connectivity index (χ1) is 8.19. The molecule has 1 aliphatic heterocycles. The van der Waals surface area contributed by atoms with E-state index in [0.717, 1.165) is 45.3 Å². The van der Waals surface area contributed by atoms with Gasteiger partial charge in [0, 0.05) is 43.7 Å². The van der Waals surface area contributed by atoms with Gasteiger partial charge in [-0.1, -0.05) is 6.92 Å². The van der Waals surface area contributed by atoms with Crippen molar-refractivity contribution < 1.29 is 4.79 Å². The van der Waals surface area contributed by atoms with E-state index < -0.39 is 0 Å². The Morgan fingerprint density at radius 3 is 2.59 bits per heavy atom. The molecule has 4 heteroatoms. The third-order valence-corrected chi connectivity index (χ3v) is 4.09. The summed E-state index contributed by atoms with van der Waals surface area (Å²) in [4.78, 5) is 13.5. The molecule has 0 aromatic carbocycles. The summed E-state index contributed by atoms with van der Waals surface area (Å²) in [5.74, 6) is 0.279. The van der Waals surface area contributed by atoms with E-state index in [1.165, 1.54) is 0 Å². The van der Waals surface area contributed by atoms with Crippen LogP contribution in [0.4, 0.5) is 0 Å². The zero-order valence-corrected chi connectivity index (χ0v) is 10.7. The van der Waals surface area contributed by atoms with Crippen molar-refractivity contribution in [2.45, 2.75) is 45.1 Å². The molecule has 1 aliphatic carbocycles. The molecule has 2 N–H and O–H groups in total. The monoisotopic (exact) mass is 237 g/mol. The van der Waals surface area contributed by atoms with Gasteiger partial charge in [0.2, 0.25) is 5.91 Å². The maximum absolute atomic E-state index is 11.5. The Morgan fingerprint density at radius 2 is 2.12 bits per heavy atom. The molecule has 0 radical (unpaired) electrons. The lowest BCUT2D eigenvalue weighted by Crippen LogP contribution is -2.46. The Hall–Kier alpha value is -0.900. The lowest BCUT2D eigenvalue weighted by Gasteiger charge is -2.33. The number of carbonyl (C=O) groups excluding carboxylic acids is 1. The highest BCUT2D eigenvalue weighted by molar-refractivity contribution is 5.75. The van der Waals surface area contributed by atoms with Crippen molar-refractivity contribution in [3.05, 3.63) is 0 Å². The maximum atomic E-state index is 11.5. The molecule has 17 heavy (non-hydrogen) atoms. The number of piperidine rings is 1. The zero-order valence-electron chi connectivity index (χ0n) is 10.7. The van der Waals surface area contributed by atoms with Crippen LogP contribution < -0.4 is 5.32 Å². The zero-order chi connectivity index (χ0) is 12.3. The minimum absolute atomic E-state index is 0.177. The molecule has 1 saturated carbocycles. The Bertz CT molecular complexity index is 291. The average Bonchev–Trinajstić information content (AvgIpc) is 3.17. The van der Waals surface area contributed by atoms with Crippen molar-refractivity contribution in [1.82, 2.24) is 10.2 Å². The van der Waals surface area contributed by atoms with Gasteiger partial charge in [-0.25, -0.2) is 0 Å². The van der Waals surface area contributed by atoms with Crippen LogP contribution in [0.1, 0.15) is 39.0 Å². The normalized spacial score (nSPS) is 23.5. The van der Waals surface area contributed by atoms with Crippen molar-refractivity contribution in [2.75, 3.05) is 19.6 Å². The van der Waals surface area contributed by atoms with Crippen LogP contribution in [0.3, 0.4) is 0 Å². The second-order valence-corrected chi connectivity index (χ2v) is 5.40. The van der Waals surface area contributed by atoms with Crippen LogP contribution in [-0.4, -0.2) is 42.7 Å². The van der Waals surface area contributed by atoms with E-state index in [-0.39, 0.29) is 11.3 Å². The number of likely N-dealkylation sites (tertiary alicyclic amines) is 1. The van der Waals surface area contributed by atoms with Crippen LogP contribution in [0.25, 0.3) is 0 Å². The number of hydrogen-bond acceptors (Lipinski definition) is 3. The molecule has 1 saturated heterocycles. The highest BCUT2D eigenvalue weighted by Gasteiger charge is 2.40. The highest BCUT2D eigenvalue weighted by atomic mass is 16.2. The lowest BCUT2D eigenvalue weighted by molar-refractivity contribution is -0.131. The van der Waals surface area contributed by atoms with Gasteiger partial charge in [0.25, 0.3) is 0 Å². The molecule has 2 aliphatic rings. The second kappa shape index (κ2) is 5.17. The smallest absolute Gasteiger partial charge is 0.222 e. The van der Waals surface area contributed by atoms with E-state index in [9.17, 15) is 4.79 Å². The van der Waals surface area contributed by atoms with Crippen LogP contribution >= 0.6 is 0 Å². The molecule has 96 valence electrons. The molecule has 0 aromatic rings. The van der Waals surface area contributed by atoms with Crippen molar-refractivity contribution in [2.24, 2.45) is 5.41 Å². The van der Waals surface area contributed by atoms with Gasteiger partial charge in [0.05, 0.1) is 0 Å². The SMILES string of the molecule is CCC(=O)N1CCC(NCC2(C=N)CC2)CC1. The van der Waals surface area contributed by atoms with Gasteiger partial charge in [-0.2, -0.15) is 0 Å². The van der Waals surface area contributed by atoms with Gasteiger partial charge < -0.3 is 15.6 Å². The van der Waals surface area contributed by atoms with Gasteiger partial charge in [-0.05, 0) is 25.7 Å². The molecule has 0 unspecified atom stereocenters. The fourth-order valence-electron chi connectivity index (χ4n) is 2.44. The van der Waals surface area contributed by atoms with E-state index >= 15 is 0 Å². The number of amides is 1. The first-order valence-electron chi connectivity index (χ1n) is 6.72. The first-order valence-corrected chi connectivity index (χ1v) is 6.72. The Balaban J connectivity index is 1.69. The second-order valence-electron chi connectivity index (χ2n) is 5.40. The number of hydrogen-bond donors (Lipinski definition) is 2. The van der Waals surface area contributed by atoms with Crippen LogP contribution in [0.2, 0.25) is 0 Å². The number of nitrogens with zero attached hydrogens (tertiary/aromatic N) is 1. The minimum atomic E-state index is 0.177. The fraction of sp³-hybridized carbons (Fsp3) is 0.846. The molecule has 0 aromatic heterocycles. The highest BCUT2D eigenvalue weighted by Crippen LogP contribution is 2.42. The maximum Gasteiger partial charge on any atom is 0.222 e. The molecule has 0 atom stereocenters. The summed E-state index contributed by atoms with van der Waals surface area (Å²) >= 11 is 0. The molecule has 2 fully saturated rings. The number of rotatable bonds is 5. The van der Waals surface area contributed by atoms with Crippen LogP contribution in [0.5, 0.6) is 0 Å². The number of carbonyl (C=O) groups is 1. The third kappa shape index (κ3) is 3.06. The first kappa shape index (κ1) is 12.6. The van der Waals surface area contributed by atoms with Crippen LogP contribution in [-0.2, 0) is 4.79 Å². The largest absolute Gasteiger partial charge is 0.343 e. The summed E-state index contributed by atoms with van der Waals surface area (Å²) in [6, 6.07) is 0.535. The molecular formula is C13H23N3O. The summed E-state index contributed by atoms with van der Waals surface area (Å²) in [6.45, 7) is 4.65. The summed E-state index contributed by atoms with van der Waals surface area (Å²) in [5, 5.41) is 10.9. The Morgan fingerprint density at radius 1 is 1.47 bits per heavy atom. The standard InChI is InChI=1S/C13H23N3O/c1-2-12(17)16-7-3-11(4-8-16)15-10-13(9-14)5-6-13/h9,11,14-15H,2-8,10H2,1H3. The molecule has 2 rings (SSSR count). The van der Waals surface area contributed by atoms with Crippen molar-refractivity contribution in [3.8, 4) is 0 Å². The van der Waals surface area contributed by atoms with Crippen LogP contribution in [0, 0.1) is 10.8 Å². The predicted octanol–water partition coefficient (Wildman–Crippen LogP) is 1.41. The van der Waals surface area contributed by atoms with Crippen molar-refractivity contribution >= 4 is 12.1 Å². The van der Waals surface area contributed by atoms with Crippen molar-refractivity contribution in [1.29, 1.82) is 5.41 Å². The minimum Gasteiger partial charge on any atom is -0.343 e. The molecule has 0 bridgehead atoms. The van der Waals surface area contributed by atoms with E-state index in [1.54, 1.807) is 6.21 Å². The van der Waals surface area contributed by atoms with Gasteiger partial charge in [0.15, 0.2) is 0 Å². The van der Waals surface area contributed by atoms with E-state index in [1.807, 2.05) is 11.8 Å². The molecule has 4 nitrogen and oxygen atoms in total. The Labute approximate surface area is 103 Å². The van der Waals surface area contributed by atoms with Crippen molar-refractivity contribution in [3.63, 3.8) is 0 Å². The van der Waals surface area contributed by atoms with Gasteiger partial charge in [0.1, 0.15) is 0 Å². The van der Waals surface area contributed by atoms with Gasteiger partial charge in [-0.15, -0.1) is 0 Å². The fourth-order valence-corrected chi connectivity index (χ4v) is 2.44. The molecule has 1 amide bonds. The number of nitrogens with one attached hydrogen (secondary N) is 2. The molecule has 1 heterocycles.